The Balaban J connectivity index is 1.80. The van der Waals surface area contributed by atoms with Gasteiger partial charge in [0.15, 0.2) is 0 Å². The Kier molecular flexibility index (Phi) is 5.87. The first-order valence-electron chi connectivity index (χ1n) is 9.11. The molecule has 0 aromatic heterocycles. The number of carbonyl (C=O) groups excluding carboxylic acids is 1. The molecular weight excluding hydrogens is 312 g/mol. The Bertz CT molecular complexity index is 668. The topological polar surface area (TPSA) is 35.5 Å². The molecule has 3 rings (SSSR count). The minimum Gasteiger partial charge on any atom is -0.465 e. The van der Waals surface area contributed by atoms with E-state index >= 15 is 0 Å². The molecule has 0 spiro atoms. The van der Waals surface area contributed by atoms with Crippen LogP contribution < -0.4 is 0 Å². The average Bonchev–Trinajstić information content (AvgIpc) is 3.05. The molecule has 0 heterocycles. The number of ether oxygens (including phenoxy) is 2. The Labute approximate surface area is 150 Å². The van der Waals surface area contributed by atoms with Gasteiger partial charge in [0.1, 0.15) is 0 Å². The second kappa shape index (κ2) is 8.30. The lowest BCUT2D eigenvalue weighted by molar-refractivity contribution is -0.164. The maximum Gasteiger partial charge on any atom is 0.315 e. The van der Waals surface area contributed by atoms with E-state index in [1.165, 1.54) is 0 Å². The second-order valence-electron chi connectivity index (χ2n) is 6.72. The maximum atomic E-state index is 12.9. The monoisotopic (exact) mass is 338 g/mol. The van der Waals surface area contributed by atoms with E-state index in [9.17, 15) is 4.79 Å². The molecule has 132 valence electrons. The van der Waals surface area contributed by atoms with E-state index in [-0.39, 0.29) is 12.1 Å². The van der Waals surface area contributed by atoms with E-state index in [2.05, 4.69) is 24.3 Å². The molecule has 1 aliphatic rings. The molecule has 0 bridgehead atoms. The fourth-order valence-electron chi connectivity index (χ4n) is 3.80. The number of carbonyl (C=O) groups is 1. The highest BCUT2D eigenvalue weighted by Crippen LogP contribution is 2.44. The predicted octanol–water partition coefficient (Wildman–Crippen LogP) is 4.55. The van der Waals surface area contributed by atoms with Crippen molar-refractivity contribution in [1.82, 2.24) is 0 Å². The van der Waals surface area contributed by atoms with Crippen LogP contribution in [0.3, 0.4) is 0 Å². The summed E-state index contributed by atoms with van der Waals surface area (Å²) in [6.07, 6.45) is 3.28. The minimum atomic E-state index is -0.577. The number of benzene rings is 2. The second-order valence-corrected chi connectivity index (χ2v) is 6.72. The first kappa shape index (κ1) is 17.7. The average molecular weight is 338 g/mol. The summed E-state index contributed by atoms with van der Waals surface area (Å²) in [5.74, 6) is -0.116. The third-order valence-corrected chi connectivity index (χ3v) is 5.04. The minimum absolute atomic E-state index is 0.105. The Morgan fingerprint density at radius 2 is 1.68 bits per heavy atom. The molecule has 2 aromatic rings. The van der Waals surface area contributed by atoms with Crippen molar-refractivity contribution in [2.75, 3.05) is 6.61 Å². The fourth-order valence-corrected chi connectivity index (χ4v) is 3.80. The lowest BCUT2D eigenvalue weighted by atomic mass is 9.78. The van der Waals surface area contributed by atoms with Crippen LogP contribution in [0, 0.1) is 5.41 Å². The summed E-state index contributed by atoms with van der Waals surface area (Å²) in [5.41, 5.74) is 1.71. The van der Waals surface area contributed by atoms with Crippen LogP contribution in [0.1, 0.15) is 37.3 Å². The van der Waals surface area contributed by atoms with Gasteiger partial charge in [0, 0.05) is 0 Å². The maximum absolute atomic E-state index is 12.9. The highest BCUT2D eigenvalue weighted by atomic mass is 16.5. The van der Waals surface area contributed by atoms with Gasteiger partial charge in [-0.2, -0.15) is 0 Å². The number of esters is 1. The fraction of sp³-hybridized carbons (Fsp3) is 0.409. The summed E-state index contributed by atoms with van der Waals surface area (Å²) in [5, 5.41) is 0. The first-order valence-corrected chi connectivity index (χ1v) is 9.11. The van der Waals surface area contributed by atoms with E-state index in [0.29, 0.717) is 19.6 Å². The molecule has 2 atom stereocenters. The zero-order valence-corrected chi connectivity index (χ0v) is 14.8. The van der Waals surface area contributed by atoms with Gasteiger partial charge in [0.25, 0.3) is 0 Å². The highest BCUT2D eigenvalue weighted by Gasteiger charge is 2.51. The van der Waals surface area contributed by atoms with Crippen molar-refractivity contribution in [1.29, 1.82) is 0 Å². The zero-order valence-electron chi connectivity index (χ0n) is 14.8. The molecule has 1 fully saturated rings. The molecule has 1 saturated carbocycles. The van der Waals surface area contributed by atoms with Crippen molar-refractivity contribution >= 4 is 5.97 Å². The van der Waals surface area contributed by atoms with Gasteiger partial charge in [-0.1, -0.05) is 60.7 Å². The molecule has 0 aliphatic heterocycles. The Hall–Kier alpha value is -2.13. The van der Waals surface area contributed by atoms with Gasteiger partial charge in [-0.05, 0) is 43.7 Å². The van der Waals surface area contributed by atoms with E-state index < -0.39 is 5.41 Å². The molecule has 2 unspecified atom stereocenters. The van der Waals surface area contributed by atoms with Crippen LogP contribution in [0.5, 0.6) is 0 Å². The predicted molar refractivity (Wildman–Crippen MR) is 98.1 cm³/mol. The number of rotatable bonds is 7. The van der Waals surface area contributed by atoms with Gasteiger partial charge in [0.2, 0.25) is 0 Å². The Morgan fingerprint density at radius 3 is 2.32 bits per heavy atom. The van der Waals surface area contributed by atoms with Crippen molar-refractivity contribution in [3.05, 3.63) is 71.8 Å². The smallest absolute Gasteiger partial charge is 0.315 e. The lowest BCUT2D eigenvalue weighted by Gasteiger charge is -2.33. The van der Waals surface area contributed by atoms with E-state index in [4.69, 9.17) is 9.47 Å². The van der Waals surface area contributed by atoms with Crippen molar-refractivity contribution in [2.24, 2.45) is 5.41 Å². The number of hydrogen-bond donors (Lipinski definition) is 0. The summed E-state index contributed by atoms with van der Waals surface area (Å²) in [4.78, 5) is 12.9. The molecule has 0 N–H and O–H groups in total. The third kappa shape index (κ3) is 4.10. The molecule has 0 saturated heterocycles. The summed E-state index contributed by atoms with van der Waals surface area (Å²) in [7, 11) is 0. The molecule has 3 heteroatoms. The quantitative estimate of drug-likeness (QED) is 0.695. The third-order valence-electron chi connectivity index (χ3n) is 5.04. The van der Waals surface area contributed by atoms with Crippen LogP contribution in [0.25, 0.3) is 0 Å². The molecular formula is C22H26O3. The van der Waals surface area contributed by atoms with Gasteiger partial charge < -0.3 is 9.47 Å². The zero-order chi connectivity index (χ0) is 17.5. The van der Waals surface area contributed by atoms with Crippen molar-refractivity contribution in [3.63, 3.8) is 0 Å². The van der Waals surface area contributed by atoms with Crippen LogP contribution in [-0.2, 0) is 27.3 Å². The lowest BCUT2D eigenvalue weighted by Crippen LogP contribution is -2.43. The number of hydrogen-bond acceptors (Lipinski definition) is 3. The van der Waals surface area contributed by atoms with E-state index in [0.717, 1.165) is 30.4 Å². The molecule has 3 nitrogen and oxygen atoms in total. The van der Waals surface area contributed by atoms with Gasteiger partial charge >= 0.3 is 5.97 Å². The van der Waals surface area contributed by atoms with Crippen molar-refractivity contribution in [3.8, 4) is 0 Å². The largest absolute Gasteiger partial charge is 0.465 e. The molecule has 1 aliphatic carbocycles. The van der Waals surface area contributed by atoms with Gasteiger partial charge in [-0.3, -0.25) is 4.79 Å². The highest BCUT2D eigenvalue weighted by molar-refractivity contribution is 5.78. The Morgan fingerprint density at radius 1 is 1.04 bits per heavy atom. The summed E-state index contributed by atoms with van der Waals surface area (Å²) in [6, 6.07) is 20.3. The normalized spacial score (nSPS) is 22.7. The SMILES string of the molecule is CCOC(=O)C1(Cc2ccccc2)CCCC1OCc1ccccc1. The van der Waals surface area contributed by atoms with Crippen molar-refractivity contribution in [2.45, 2.75) is 45.3 Å². The van der Waals surface area contributed by atoms with Crippen LogP contribution in [0.15, 0.2) is 60.7 Å². The summed E-state index contributed by atoms with van der Waals surface area (Å²) < 4.78 is 11.7. The van der Waals surface area contributed by atoms with Gasteiger partial charge in [0.05, 0.1) is 24.7 Å². The standard InChI is InChI=1S/C22H26O3/c1-2-24-21(23)22(16-18-10-5-3-6-11-18)15-9-14-20(22)25-17-19-12-7-4-8-13-19/h3-8,10-13,20H,2,9,14-17H2,1H3. The van der Waals surface area contributed by atoms with Gasteiger partial charge in [-0.25, -0.2) is 0 Å². The van der Waals surface area contributed by atoms with Crippen LogP contribution >= 0.6 is 0 Å². The summed E-state index contributed by atoms with van der Waals surface area (Å²) >= 11 is 0. The molecule has 0 amide bonds. The van der Waals surface area contributed by atoms with E-state index in [1.807, 2.05) is 43.3 Å². The summed E-state index contributed by atoms with van der Waals surface area (Å²) in [6.45, 7) is 2.80. The first-order chi connectivity index (χ1) is 12.2. The van der Waals surface area contributed by atoms with Crippen LogP contribution in [0.4, 0.5) is 0 Å². The van der Waals surface area contributed by atoms with Crippen LogP contribution in [0.2, 0.25) is 0 Å². The van der Waals surface area contributed by atoms with Gasteiger partial charge in [-0.15, -0.1) is 0 Å². The van der Waals surface area contributed by atoms with E-state index in [1.54, 1.807) is 0 Å². The molecule has 0 radical (unpaired) electrons. The molecule has 2 aromatic carbocycles. The molecule has 25 heavy (non-hydrogen) atoms. The van der Waals surface area contributed by atoms with Crippen molar-refractivity contribution < 1.29 is 14.3 Å². The van der Waals surface area contributed by atoms with Crippen LogP contribution in [-0.4, -0.2) is 18.7 Å².